The first-order valence-corrected chi connectivity index (χ1v) is 5.69. The van der Waals surface area contributed by atoms with Crippen molar-refractivity contribution in [3.63, 3.8) is 0 Å². The fraction of sp³-hybridized carbons (Fsp3) is 0.385. The molecule has 0 radical (unpaired) electrons. The standard InChI is InChI=1S/C13H17NO4/c1-9-5-3-6-10(12(9)17)13(18)14(2)8-4-7-11(15)16/h3,5-6,17H,4,7-8H2,1-2H3,(H,15,16). The van der Waals surface area contributed by atoms with E-state index in [0.29, 0.717) is 18.5 Å². The average molecular weight is 251 g/mol. The van der Waals surface area contributed by atoms with Crippen molar-refractivity contribution < 1.29 is 19.8 Å². The summed E-state index contributed by atoms with van der Waals surface area (Å²) in [6, 6.07) is 4.97. The second kappa shape index (κ2) is 6.05. The lowest BCUT2D eigenvalue weighted by molar-refractivity contribution is -0.137. The number of rotatable bonds is 5. The minimum atomic E-state index is -0.880. The van der Waals surface area contributed by atoms with Crippen LogP contribution in [0, 0.1) is 6.92 Å². The number of carbonyl (C=O) groups is 2. The molecule has 98 valence electrons. The molecule has 0 bridgehead atoms. The Kier molecular flexibility index (Phi) is 4.71. The van der Waals surface area contributed by atoms with E-state index in [4.69, 9.17) is 5.11 Å². The van der Waals surface area contributed by atoms with Crippen LogP contribution in [0.25, 0.3) is 0 Å². The highest BCUT2D eigenvalue weighted by molar-refractivity contribution is 5.97. The summed E-state index contributed by atoms with van der Waals surface area (Å²) >= 11 is 0. The molecule has 1 amide bonds. The Balaban J connectivity index is 2.69. The lowest BCUT2D eigenvalue weighted by Gasteiger charge is -2.17. The Labute approximate surface area is 106 Å². The predicted octanol–water partition coefficient (Wildman–Crippen LogP) is 1.64. The molecule has 5 heteroatoms. The molecule has 0 aliphatic heterocycles. The molecular weight excluding hydrogens is 234 g/mol. The molecule has 0 saturated carbocycles. The van der Waals surface area contributed by atoms with Crippen molar-refractivity contribution in [2.45, 2.75) is 19.8 Å². The first kappa shape index (κ1) is 14.0. The van der Waals surface area contributed by atoms with E-state index in [1.807, 2.05) is 0 Å². The van der Waals surface area contributed by atoms with Gasteiger partial charge < -0.3 is 15.1 Å². The van der Waals surface area contributed by atoms with Gasteiger partial charge in [0.05, 0.1) is 5.56 Å². The average Bonchev–Trinajstić information content (AvgIpc) is 2.31. The van der Waals surface area contributed by atoms with E-state index in [1.165, 1.54) is 4.90 Å². The quantitative estimate of drug-likeness (QED) is 0.833. The van der Waals surface area contributed by atoms with E-state index in [0.717, 1.165) is 0 Å². The number of nitrogens with zero attached hydrogens (tertiary/aromatic N) is 1. The number of aryl methyl sites for hydroxylation is 1. The van der Waals surface area contributed by atoms with Crippen molar-refractivity contribution >= 4 is 11.9 Å². The lowest BCUT2D eigenvalue weighted by atomic mass is 10.1. The molecule has 0 fully saturated rings. The van der Waals surface area contributed by atoms with Gasteiger partial charge in [-0.3, -0.25) is 9.59 Å². The highest BCUT2D eigenvalue weighted by atomic mass is 16.4. The van der Waals surface area contributed by atoms with Gasteiger partial charge in [0.1, 0.15) is 5.75 Å². The number of aromatic hydroxyl groups is 1. The van der Waals surface area contributed by atoms with Crippen LogP contribution in [0.15, 0.2) is 18.2 Å². The summed E-state index contributed by atoms with van der Waals surface area (Å²) in [4.78, 5) is 23.8. The number of aliphatic carboxylic acids is 1. The first-order valence-electron chi connectivity index (χ1n) is 5.69. The summed E-state index contributed by atoms with van der Waals surface area (Å²) in [6.07, 6.45) is 0.418. The number of carboxylic acids is 1. The van der Waals surface area contributed by atoms with Crippen molar-refractivity contribution in [1.29, 1.82) is 0 Å². The summed E-state index contributed by atoms with van der Waals surface area (Å²) in [7, 11) is 1.59. The maximum atomic E-state index is 12.0. The normalized spacial score (nSPS) is 10.1. The third-order valence-corrected chi connectivity index (χ3v) is 2.70. The molecule has 1 rings (SSSR count). The minimum Gasteiger partial charge on any atom is -0.507 e. The Bertz CT molecular complexity index is 456. The molecule has 0 saturated heterocycles. The van der Waals surface area contributed by atoms with E-state index in [1.54, 1.807) is 32.2 Å². The summed E-state index contributed by atoms with van der Waals surface area (Å²) in [5, 5.41) is 18.3. The predicted molar refractivity (Wildman–Crippen MR) is 66.7 cm³/mol. The van der Waals surface area contributed by atoms with Crippen LogP contribution in [0.1, 0.15) is 28.8 Å². The van der Waals surface area contributed by atoms with Crippen LogP contribution in [0.5, 0.6) is 5.75 Å². The summed E-state index contributed by atoms with van der Waals surface area (Å²) < 4.78 is 0. The molecular formula is C13H17NO4. The van der Waals surface area contributed by atoms with Gasteiger partial charge in [-0.1, -0.05) is 12.1 Å². The number of hydrogen-bond donors (Lipinski definition) is 2. The van der Waals surface area contributed by atoms with Gasteiger partial charge >= 0.3 is 5.97 Å². The third kappa shape index (κ3) is 3.48. The maximum Gasteiger partial charge on any atom is 0.303 e. The summed E-state index contributed by atoms with van der Waals surface area (Å²) in [5.41, 5.74) is 0.882. The van der Waals surface area contributed by atoms with Crippen molar-refractivity contribution in [3.8, 4) is 5.75 Å². The second-order valence-corrected chi connectivity index (χ2v) is 4.20. The second-order valence-electron chi connectivity index (χ2n) is 4.20. The van der Waals surface area contributed by atoms with Crippen LogP contribution >= 0.6 is 0 Å². The van der Waals surface area contributed by atoms with Gasteiger partial charge in [-0.25, -0.2) is 0 Å². The van der Waals surface area contributed by atoms with E-state index < -0.39 is 5.97 Å². The van der Waals surface area contributed by atoms with Crippen LogP contribution in [0.4, 0.5) is 0 Å². The number of phenolic OH excluding ortho intramolecular Hbond substituents is 1. The largest absolute Gasteiger partial charge is 0.507 e. The SMILES string of the molecule is Cc1cccc(C(=O)N(C)CCCC(=O)O)c1O. The Morgan fingerprint density at radius 1 is 1.33 bits per heavy atom. The number of benzene rings is 1. The van der Waals surface area contributed by atoms with Crippen molar-refractivity contribution in [2.24, 2.45) is 0 Å². The zero-order valence-corrected chi connectivity index (χ0v) is 10.5. The molecule has 1 aromatic rings. The van der Waals surface area contributed by atoms with Gasteiger partial charge in [0.25, 0.3) is 5.91 Å². The van der Waals surface area contributed by atoms with Gasteiger partial charge in [0.2, 0.25) is 0 Å². The zero-order chi connectivity index (χ0) is 13.7. The molecule has 2 N–H and O–H groups in total. The van der Waals surface area contributed by atoms with E-state index in [2.05, 4.69) is 0 Å². The molecule has 0 aromatic heterocycles. The van der Waals surface area contributed by atoms with Crippen LogP contribution in [-0.4, -0.2) is 40.6 Å². The van der Waals surface area contributed by atoms with Crippen molar-refractivity contribution in [3.05, 3.63) is 29.3 Å². The Hall–Kier alpha value is -2.04. The Morgan fingerprint density at radius 3 is 2.61 bits per heavy atom. The van der Waals surface area contributed by atoms with Gasteiger partial charge in [-0.15, -0.1) is 0 Å². The monoisotopic (exact) mass is 251 g/mol. The van der Waals surface area contributed by atoms with Crippen molar-refractivity contribution in [2.75, 3.05) is 13.6 Å². The molecule has 0 atom stereocenters. The number of amides is 1. The fourth-order valence-corrected chi connectivity index (χ4v) is 1.61. The van der Waals surface area contributed by atoms with Crippen LogP contribution in [0.2, 0.25) is 0 Å². The molecule has 1 aromatic carbocycles. The van der Waals surface area contributed by atoms with E-state index in [-0.39, 0.29) is 23.6 Å². The number of carboxylic acid groups (broad SMARTS) is 1. The molecule has 0 spiro atoms. The number of para-hydroxylation sites is 1. The number of carbonyl (C=O) groups excluding carboxylic acids is 1. The molecule has 0 aliphatic carbocycles. The van der Waals surface area contributed by atoms with Gasteiger partial charge in [-0.2, -0.15) is 0 Å². The zero-order valence-electron chi connectivity index (χ0n) is 10.5. The van der Waals surface area contributed by atoms with E-state index in [9.17, 15) is 14.7 Å². The van der Waals surface area contributed by atoms with Gasteiger partial charge in [0, 0.05) is 20.0 Å². The maximum absolute atomic E-state index is 12.0. The molecule has 5 nitrogen and oxygen atoms in total. The molecule has 0 heterocycles. The molecule has 0 unspecified atom stereocenters. The van der Waals surface area contributed by atoms with Gasteiger partial charge in [0.15, 0.2) is 0 Å². The smallest absolute Gasteiger partial charge is 0.303 e. The summed E-state index contributed by atoms with van der Waals surface area (Å²) in [6.45, 7) is 2.06. The molecule has 18 heavy (non-hydrogen) atoms. The number of hydrogen-bond acceptors (Lipinski definition) is 3. The Morgan fingerprint density at radius 2 is 2.00 bits per heavy atom. The van der Waals surface area contributed by atoms with Crippen LogP contribution in [-0.2, 0) is 4.79 Å². The fourth-order valence-electron chi connectivity index (χ4n) is 1.61. The van der Waals surface area contributed by atoms with Gasteiger partial charge in [-0.05, 0) is 25.0 Å². The molecule has 0 aliphatic rings. The highest BCUT2D eigenvalue weighted by Gasteiger charge is 2.16. The van der Waals surface area contributed by atoms with E-state index >= 15 is 0 Å². The van der Waals surface area contributed by atoms with Crippen LogP contribution < -0.4 is 0 Å². The lowest BCUT2D eigenvalue weighted by Crippen LogP contribution is -2.28. The van der Waals surface area contributed by atoms with Crippen LogP contribution in [0.3, 0.4) is 0 Å². The first-order chi connectivity index (χ1) is 8.43. The van der Waals surface area contributed by atoms with Crippen molar-refractivity contribution in [1.82, 2.24) is 4.90 Å². The minimum absolute atomic E-state index is 0.0208. The summed E-state index contributed by atoms with van der Waals surface area (Å²) in [5.74, 6) is -1.21. The highest BCUT2D eigenvalue weighted by Crippen LogP contribution is 2.22. The third-order valence-electron chi connectivity index (χ3n) is 2.70. The topological polar surface area (TPSA) is 77.8 Å². The number of phenols is 1.